The van der Waals surface area contributed by atoms with Crippen LogP contribution in [-0.2, 0) is 20.8 Å². The number of carbonyl (C=O) groups excluding carboxylic acids is 1. The summed E-state index contributed by atoms with van der Waals surface area (Å²) < 4.78 is 23.2. The van der Waals surface area contributed by atoms with E-state index < -0.39 is 6.10 Å². The second kappa shape index (κ2) is 10.1. The van der Waals surface area contributed by atoms with E-state index in [2.05, 4.69) is 16.8 Å². The van der Waals surface area contributed by atoms with E-state index in [1.165, 1.54) is 0 Å². The Balaban J connectivity index is 1.23. The maximum Gasteiger partial charge on any atom is 0.231 e. The van der Waals surface area contributed by atoms with Crippen molar-refractivity contribution in [2.45, 2.75) is 50.2 Å². The SMILES string of the molecule is CN1CCN(C(=O)C[C@@H]2CC[C@@H]3[C@H](COC[C@H](O)CN3Cc3ccc4c(c3)OCO4)O2)CC1. The van der Waals surface area contributed by atoms with Gasteiger partial charge in [-0.25, -0.2) is 0 Å². The zero-order chi connectivity index (χ0) is 22.8. The molecule has 4 aliphatic heterocycles. The van der Waals surface area contributed by atoms with E-state index in [0.29, 0.717) is 26.1 Å². The van der Waals surface area contributed by atoms with Crippen LogP contribution in [0.25, 0.3) is 0 Å². The molecule has 9 nitrogen and oxygen atoms in total. The fraction of sp³-hybridized carbons (Fsp3) is 0.708. The Bertz CT molecular complexity index is 830. The smallest absolute Gasteiger partial charge is 0.231 e. The van der Waals surface area contributed by atoms with Crippen molar-refractivity contribution >= 4 is 5.91 Å². The maximum atomic E-state index is 12.8. The normalized spacial score (nSPS) is 31.0. The molecule has 4 aliphatic rings. The Morgan fingerprint density at radius 3 is 2.76 bits per heavy atom. The number of nitrogens with zero attached hydrogens (tertiary/aromatic N) is 3. The molecule has 4 atom stereocenters. The molecule has 182 valence electrons. The first kappa shape index (κ1) is 22.9. The Kier molecular flexibility index (Phi) is 7.03. The summed E-state index contributed by atoms with van der Waals surface area (Å²) >= 11 is 0. The van der Waals surface area contributed by atoms with E-state index in [1.807, 2.05) is 23.1 Å². The highest BCUT2D eigenvalue weighted by molar-refractivity contribution is 5.76. The highest BCUT2D eigenvalue weighted by Gasteiger charge is 2.38. The highest BCUT2D eigenvalue weighted by atomic mass is 16.7. The summed E-state index contributed by atoms with van der Waals surface area (Å²) in [5.74, 6) is 1.72. The number of hydrogen-bond donors (Lipinski definition) is 1. The van der Waals surface area contributed by atoms with Gasteiger partial charge in [0.2, 0.25) is 12.7 Å². The lowest BCUT2D eigenvalue weighted by Crippen LogP contribution is -2.55. The number of ether oxygens (including phenoxy) is 4. The van der Waals surface area contributed by atoms with Crippen molar-refractivity contribution in [3.8, 4) is 11.5 Å². The molecule has 0 aliphatic carbocycles. The van der Waals surface area contributed by atoms with E-state index in [4.69, 9.17) is 18.9 Å². The molecule has 3 saturated heterocycles. The van der Waals surface area contributed by atoms with E-state index in [-0.39, 0.29) is 37.6 Å². The lowest BCUT2D eigenvalue weighted by molar-refractivity contribution is -0.161. The first-order valence-corrected chi connectivity index (χ1v) is 12.1. The fourth-order valence-corrected chi connectivity index (χ4v) is 5.28. The molecular formula is C24H35N3O6. The van der Waals surface area contributed by atoms with Crippen LogP contribution in [0.15, 0.2) is 18.2 Å². The van der Waals surface area contributed by atoms with Crippen LogP contribution >= 0.6 is 0 Å². The van der Waals surface area contributed by atoms with Crippen molar-refractivity contribution in [3.63, 3.8) is 0 Å². The second-order valence-corrected chi connectivity index (χ2v) is 9.64. The Morgan fingerprint density at radius 2 is 1.91 bits per heavy atom. The number of β-amino-alcohol motifs (C(OH)–C–C–N with tert-alkyl or cyclic N) is 1. The highest BCUT2D eigenvalue weighted by Crippen LogP contribution is 2.34. The van der Waals surface area contributed by atoms with Crippen molar-refractivity contribution < 1.29 is 28.8 Å². The van der Waals surface area contributed by atoms with Gasteiger partial charge in [0.15, 0.2) is 11.5 Å². The summed E-state index contributed by atoms with van der Waals surface area (Å²) in [7, 11) is 2.09. The predicted molar refractivity (Wildman–Crippen MR) is 120 cm³/mol. The van der Waals surface area contributed by atoms with Crippen LogP contribution in [0.5, 0.6) is 11.5 Å². The molecule has 3 fully saturated rings. The van der Waals surface area contributed by atoms with Crippen LogP contribution in [0, 0.1) is 0 Å². The summed E-state index contributed by atoms with van der Waals surface area (Å²) in [6, 6.07) is 6.13. The summed E-state index contributed by atoms with van der Waals surface area (Å²) in [6.45, 7) is 5.60. The number of likely N-dealkylation sites (N-methyl/N-ethyl adjacent to an activating group) is 1. The minimum absolute atomic E-state index is 0.0845. The molecule has 1 aromatic carbocycles. The Morgan fingerprint density at radius 1 is 1.09 bits per heavy atom. The standard InChI is InChI=1S/C24H35N3O6/c1-25-6-8-26(9-7-25)24(29)11-19-3-4-20-23(33-19)15-30-14-18(28)13-27(20)12-17-2-5-21-22(10-17)32-16-31-21/h2,5,10,18-20,23,28H,3-4,6-9,11-16H2,1H3/t18-,19+,20-,23+/m1/s1. The molecule has 0 spiro atoms. The molecule has 33 heavy (non-hydrogen) atoms. The molecule has 1 aromatic rings. The number of benzene rings is 1. The number of rotatable bonds is 4. The number of amides is 1. The number of piperazine rings is 1. The second-order valence-electron chi connectivity index (χ2n) is 9.64. The van der Waals surface area contributed by atoms with Gasteiger partial charge in [-0.1, -0.05) is 6.07 Å². The minimum Gasteiger partial charge on any atom is -0.454 e. The van der Waals surface area contributed by atoms with Crippen LogP contribution < -0.4 is 9.47 Å². The molecule has 0 aromatic heterocycles. The van der Waals surface area contributed by atoms with Gasteiger partial charge >= 0.3 is 0 Å². The van der Waals surface area contributed by atoms with Crippen molar-refractivity contribution in [3.05, 3.63) is 23.8 Å². The lowest BCUT2D eigenvalue weighted by Gasteiger charge is -2.45. The molecule has 0 bridgehead atoms. The third-order valence-corrected chi connectivity index (χ3v) is 7.17. The molecule has 1 N–H and O–H groups in total. The van der Waals surface area contributed by atoms with Crippen LogP contribution in [0.3, 0.4) is 0 Å². The molecule has 1 amide bonds. The van der Waals surface area contributed by atoms with Gasteiger partial charge in [0.25, 0.3) is 0 Å². The first-order chi connectivity index (χ1) is 16.0. The molecule has 0 saturated carbocycles. The molecule has 5 rings (SSSR count). The van der Waals surface area contributed by atoms with E-state index >= 15 is 0 Å². The molecular weight excluding hydrogens is 426 g/mol. The van der Waals surface area contributed by atoms with E-state index in [1.54, 1.807) is 0 Å². The molecule has 0 unspecified atom stereocenters. The van der Waals surface area contributed by atoms with Gasteiger partial charge in [0.05, 0.1) is 37.9 Å². The van der Waals surface area contributed by atoms with Gasteiger partial charge in [-0.15, -0.1) is 0 Å². The zero-order valence-corrected chi connectivity index (χ0v) is 19.4. The predicted octanol–water partition coefficient (Wildman–Crippen LogP) is 0.689. The quantitative estimate of drug-likeness (QED) is 0.701. The molecule has 0 radical (unpaired) electrons. The maximum absolute atomic E-state index is 12.8. The fourth-order valence-electron chi connectivity index (χ4n) is 5.28. The van der Waals surface area contributed by atoms with Gasteiger partial charge in [0, 0.05) is 45.3 Å². The number of hydrogen-bond acceptors (Lipinski definition) is 8. The Labute approximate surface area is 195 Å². The molecule has 4 heterocycles. The Hall–Kier alpha value is -1.91. The van der Waals surface area contributed by atoms with Crippen LogP contribution in [0.4, 0.5) is 0 Å². The van der Waals surface area contributed by atoms with Crippen molar-refractivity contribution in [1.82, 2.24) is 14.7 Å². The third-order valence-electron chi connectivity index (χ3n) is 7.17. The number of fused-ring (bicyclic) bond motifs is 2. The largest absolute Gasteiger partial charge is 0.454 e. The number of carbonyl (C=O) groups is 1. The number of aliphatic hydroxyl groups excluding tert-OH is 1. The monoisotopic (exact) mass is 461 g/mol. The first-order valence-electron chi connectivity index (χ1n) is 12.1. The van der Waals surface area contributed by atoms with Gasteiger partial charge in [-0.3, -0.25) is 9.69 Å². The third kappa shape index (κ3) is 5.44. The van der Waals surface area contributed by atoms with Crippen molar-refractivity contribution in [2.24, 2.45) is 0 Å². The van der Waals surface area contributed by atoms with Crippen LogP contribution in [0.2, 0.25) is 0 Å². The van der Waals surface area contributed by atoms with E-state index in [0.717, 1.165) is 56.1 Å². The van der Waals surface area contributed by atoms with Gasteiger partial charge in [-0.05, 0) is 37.6 Å². The van der Waals surface area contributed by atoms with Gasteiger partial charge in [0.1, 0.15) is 0 Å². The minimum atomic E-state index is -0.545. The van der Waals surface area contributed by atoms with Crippen LogP contribution in [0.1, 0.15) is 24.8 Å². The van der Waals surface area contributed by atoms with Gasteiger partial charge in [-0.2, -0.15) is 0 Å². The summed E-state index contributed by atoms with van der Waals surface area (Å²) in [5, 5.41) is 10.4. The molecule has 9 heteroatoms. The summed E-state index contributed by atoms with van der Waals surface area (Å²) in [4.78, 5) is 19.3. The average molecular weight is 462 g/mol. The van der Waals surface area contributed by atoms with Crippen LogP contribution in [-0.4, -0.2) is 110 Å². The van der Waals surface area contributed by atoms with Gasteiger partial charge < -0.3 is 33.9 Å². The summed E-state index contributed by atoms with van der Waals surface area (Å²) in [6.07, 6.45) is 1.42. The topological polar surface area (TPSA) is 83.9 Å². The average Bonchev–Trinajstić information content (AvgIpc) is 3.26. The van der Waals surface area contributed by atoms with Crippen molar-refractivity contribution in [1.29, 1.82) is 0 Å². The summed E-state index contributed by atoms with van der Waals surface area (Å²) in [5.41, 5.74) is 1.11. The number of aliphatic hydroxyl groups is 1. The van der Waals surface area contributed by atoms with Crippen molar-refractivity contribution in [2.75, 3.05) is 59.8 Å². The lowest BCUT2D eigenvalue weighted by atomic mass is 9.94. The van der Waals surface area contributed by atoms with E-state index in [9.17, 15) is 9.90 Å². The zero-order valence-electron chi connectivity index (χ0n) is 19.4.